The van der Waals surface area contributed by atoms with E-state index in [0.29, 0.717) is 12.6 Å². The highest BCUT2D eigenvalue weighted by molar-refractivity contribution is 7.09. The minimum atomic E-state index is 0.278. The van der Waals surface area contributed by atoms with Gasteiger partial charge in [0.15, 0.2) is 0 Å². The highest BCUT2D eigenvalue weighted by atomic mass is 32.1. The van der Waals surface area contributed by atoms with Gasteiger partial charge in [-0.3, -0.25) is 4.90 Å². The van der Waals surface area contributed by atoms with Crippen LogP contribution in [-0.4, -0.2) is 24.5 Å². The van der Waals surface area contributed by atoms with Gasteiger partial charge >= 0.3 is 0 Å². The molecule has 0 aliphatic heterocycles. The van der Waals surface area contributed by atoms with Gasteiger partial charge < -0.3 is 5.73 Å². The van der Waals surface area contributed by atoms with Gasteiger partial charge in [-0.25, -0.2) is 0 Å². The lowest BCUT2D eigenvalue weighted by atomic mass is 9.97. The first-order valence-electron chi connectivity index (χ1n) is 7.54. The van der Waals surface area contributed by atoms with E-state index in [9.17, 15) is 0 Å². The van der Waals surface area contributed by atoms with Crippen molar-refractivity contribution in [3.05, 3.63) is 57.3 Å². The highest BCUT2D eigenvalue weighted by Crippen LogP contribution is 2.26. The number of hydrogen-bond donors (Lipinski definition) is 1. The smallest absolute Gasteiger partial charge is 0.0472 e. The van der Waals surface area contributed by atoms with Crippen molar-refractivity contribution in [1.29, 1.82) is 0 Å². The van der Waals surface area contributed by atoms with Gasteiger partial charge in [0, 0.05) is 23.5 Å². The van der Waals surface area contributed by atoms with Gasteiger partial charge in [0.05, 0.1) is 0 Å². The first-order chi connectivity index (χ1) is 10.0. The lowest BCUT2D eigenvalue weighted by Gasteiger charge is -2.33. The molecule has 21 heavy (non-hydrogen) atoms. The number of nitrogens with zero attached hydrogens (tertiary/aromatic N) is 1. The Bertz CT molecular complexity index is 563. The second-order valence-corrected chi connectivity index (χ2v) is 6.94. The molecular weight excluding hydrogens is 276 g/mol. The molecule has 0 radical (unpaired) electrons. The number of aryl methyl sites for hydroxylation is 2. The van der Waals surface area contributed by atoms with Gasteiger partial charge in [0.2, 0.25) is 0 Å². The van der Waals surface area contributed by atoms with E-state index in [1.54, 1.807) is 0 Å². The van der Waals surface area contributed by atoms with E-state index in [0.717, 1.165) is 6.42 Å². The predicted molar refractivity (Wildman–Crippen MR) is 93.0 cm³/mol. The van der Waals surface area contributed by atoms with Crippen molar-refractivity contribution in [2.75, 3.05) is 13.6 Å². The summed E-state index contributed by atoms with van der Waals surface area (Å²) in [6.45, 7) is 7.25. The quantitative estimate of drug-likeness (QED) is 0.876. The maximum absolute atomic E-state index is 6.08. The van der Waals surface area contributed by atoms with Gasteiger partial charge in [-0.15, -0.1) is 11.3 Å². The third kappa shape index (κ3) is 3.94. The molecule has 1 aromatic heterocycles. The molecule has 2 rings (SSSR count). The van der Waals surface area contributed by atoms with Crippen LogP contribution >= 0.6 is 11.3 Å². The molecule has 0 aliphatic carbocycles. The third-order valence-electron chi connectivity index (χ3n) is 4.27. The Morgan fingerprint density at radius 1 is 1.24 bits per heavy atom. The standard InChI is InChI=1S/C18H26N2S/c1-13-7-8-17(14(2)10-13)18(12-19)20(4)15(3)11-16-6-5-9-21-16/h5-10,15,18H,11-12,19H2,1-4H3. The first-order valence-corrected chi connectivity index (χ1v) is 8.42. The minimum absolute atomic E-state index is 0.278. The second-order valence-electron chi connectivity index (χ2n) is 5.91. The molecule has 2 nitrogen and oxygen atoms in total. The summed E-state index contributed by atoms with van der Waals surface area (Å²) < 4.78 is 0. The Morgan fingerprint density at radius 2 is 2.00 bits per heavy atom. The van der Waals surface area contributed by atoms with Gasteiger partial charge in [0.1, 0.15) is 0 Å². The topological polar surface area (TPSA) is 29.3 Å². The van der Waals surface area contributed by atoms with Crippen LogP contribution in [0.5, 0.6) is 0 Å². The van der Waals surface area contributed by atoms with Gasteiger partial charge in [-0.2, -0.15) is 0 Å². The number of nitrogens with two attached hydrogens (primary N) is 1. The van der Waals surface area contributed by atoms with E-state index in [1.165, 1.54) is 21.6 Å². The van der Waals surface area contributed by atoms with Crippen LogP contribution in [0, 0.1) is 13.8 Å². The van der Waals surface area contributed by atoms with Crippen LogP contribution in [0.4, 0.5) is 0 Å². The van der Waals surface area contributed by atoms with E-state index >= 15 is 0 Å². The molecule has 0 aliphatic rings. The molecule has 2 N–H and O–H groups in total. The van der Waals surface area contributed by atoms with E-state index in [4.69, 9.17) is 5.73 Å². The summed E-state index contributed by atoms with van der Waals surface area (Å²) in [4.78, 5) is 3.85. The third-order valence-corrected chi connectivity index (χ3v) is 5.17. The molecule has 0 saturated heterocycles. The molecule has 2 atom stereocenters. The maximum Gasteiger partial charge on any atom is 0.0472 e. The zero-order chi connectivity index (χ0) is 15.4. The Balaban J connectivity index is 2.15. The average Bonchev–Trinajstić information content (AvgIpc) is 2.94. The van der Waals surface area contributed by atoms with E-state index in [2.05, 4.69) is 68.4 Å². The molecule has 1 aromatic carbocycles. The number of likely N-dealkylation sites (N-methyl/N-ethyl adjacent to an activating group) is 1. The lowest BCUT2D eigenvalue weighted by Crippen LogP contribution is -2.38. The van der Waals surface area contributed by atoms with Crippen molar-refractivity contribution in [1.82, 2.24) is 4.90 Å². The van der Waals surface area contributed by atoms with E-state index in [1.807, 2.05) is 11.3 Å². The summed E-state index contributed by atoms with van der Waals surface area (Å²) in [7, 11) is 2.19. The zero-order valence-corrected chi connectivity index (χ0v) is 14.3. The Kier molecular flexibility index (Phi) is 5.57. The molecule has 0 amide bonds. The first kappa shape index (κ1) is 16.2. The minimum Gasteiger partial charge on any atom is -0.329 e. The van der Waals surface area contributed by atoms with Crippen LogP contribution in [0.2, 0.25) is 0 Å². The van der Waals surface area contributed by atoms with Crippen molar-refractivity contribution in [2.45, 2.75) is 39.3 Å². The largest absolute Gasteiger partial charge is 0.329 e. The van der Waals surface area contributed by atoms with Crippen LogP contribution in [-0.2, 0) is 6.42 Å². The van der Waals surface area contributed by atoms with Gasteiger partial charge in [-0.1, -0.05) is 29.8 Å². The van der Waals surface area contributed by atoms with Crippen molar-refractivity contribution in [3.8, 4) is 0 Å². The molecular formula is C18H26N2S. The van der Waals surface area contributed by atoms with Crippen LogP contribution in [0.3, 0.4) is 0 Å². The van der Waals surface area contributed by atoms with Crippen LogP contribution < -0.4 is 5.73 Å². The van der Waals surface area contributed by atoms with Gasteiger partial charge in [0.25, 0.3) is 0 Å². The monoisotopic (exact) mass is 302 g/mol. The Morgan fingerprint density at radius 3 is 2.57 bits per heavy atom. The molecule has 1 heterocycles. The Labute approximate surface area is 132 Å². The molecule has 2 aromatic rings. The fraction of sp³-hybridized carbons (Fsp3) is 0.444. The molecule has 2 unspecified atom stereocenters. The van der Waals surface area contributed by atoms with Crippen molar-refractivity contribution >= 4 is 11.3 Å². The van der Waals surface area contributed by atoms with Crippen molar-refractivity contribution < 1.29 is 0 Å². The van der Waals surface area contributed by atoms with Crippen molar-refractivity contribution in [2.24, 2.45) is 5.73 Å². The lowest BCUT2D eigenvalue weighted by molar-refractivity contribution is 0.188. The molecule has 0 spiro atoms. The van der Waals surface area contributed by atoms with Crippen molar-refractivity contribution in [3.63, 3.8) is 0 Å². The molecule has 3 heteroatoms. The van der Waals surface area contributed by atoms with Crippen LogP contribution in [0.1, 0.15) is 34.5 Å². The van der Waals surface area contributed by atoms with Crippen LogP contribution in [0.25, 0.3) is 0 Å². The summed E-state index contributed by atoms with van der Waals surface area (Å²) in [5, 5.41) is 2.15. The number of thiophene rings is 1. The highest BCUT2D eigenvalue weighted by Gasteiger charge is 2.22. The zero-order valence-electron chi connectivity index (χ0n) is 13.5. The van der Waals surface area contributed by atoms with Gasteiger partial charge in [-0.05, 0) is 56.8 Å². The second kappa shape index (κ2) is 7.21. The van der Waals surface area contributed by atoms with E-state index in [-0.39, 0.29) is 6.04 Å². The summed E-state index contributed by atoms with van der Waals surface area (Å²) in [6, 6.07) is 11.7. The Hall–Kier alpha value is -1.16. The fourth-order valence-electron chi connectivity index (χ4n) is 2.88. The summed E-state index contributed by atoms with van der Waals surface area (Å²) in [6.07, 6.45) is 1.08. The predicted octanol–water partition coefficient (Wildman–Crippen LogP) is 3.93. The summed E-state index contributed by atoms with van der Waals surface area (Å²) >= 11 is 1.83. The molecule has 0 saturated carbocycles. The maximum atomic E-state index is 6.08. The van der Waals surface area contributed by atoms with Crippen LogP contribution in [0.15, 0.2) is 35.7 Å². The SMILES string of the molecule is Cc1ccc(C(CN)N(C)C(C)Cc2cccs2)c(C)c1. The van der Waals surface area contributed by atoms with E-state index < -0.39 is 0 Å². The number of benzene rings is 1. The fourth-order valence-corrected chi connectivity index (χ4v) is 3.71. The number of hydrogen-bond acceptors (Lipinski definition) is 3. The number of rotatable bonds is 6. The summed E-state index contributed by atoms with van der Waals surface area (Å²) in [5.41, 5.74) is 10.1. The summed E-state index contributed by atoms with van der Waals surface area (Å²) in [5.74, 6) is 0. The molecule has 0 fully saturated rings. The molecule has 0 bridgehead atoms. The molecule has 114 valence electrons. The normalized spacial score (nSPS) is 14.4. The average molecular weight is 302 g/mol.